The lowest BCUT2D eigenvalue weighted by molar-refractivity contribution is 0.740. The quantitative estimate of drug-likeness (QED) is 0.902. The van der Waals surface area contributed by atoms with E-state index in [1.165, 1.54) is 5.56 Å². The van der Waals surface area contributed by atoms with Crippen LogP contribution >= 0.6 is 22.9 Å². The van der Waals surface area contributed by atoms with Gasteiger partial charge in [-0.3, -0.25) is 4.99 Å². The number of aromatic nitrogens is 1. The number of hydrogen-bond acceptors (Lipinski definition) is 5. The van der Waals surface area contributed by atoms with Gasteiger partial charge >= 0.3 is 0 Å². The maximum Gasteiger partial charge on any atom is 0.197 e. The standard InChI is InChI=1S/C16H17ClN4S/c17-12-4-1-3-11(9-12)16(5-6-16)13-10-22-15(20-13)21-14-18-7-2-8-19-14/h1,3-4,9-10H,2,5-8H2,(H2,18,19,20,21). The molecule has 2 aliphatic rings. The first kappa shape index (κ1) is 14.0. The normalized spacial score (nSPS) is 19.2. The Labute approximate surface area is 138 Å². The molecule has 1 saturated carbocycles. The number of nitrogens with one attached hydrogen (secondary N) is 2. The second-order valence-corrected chi connectivity index (χ2v) is 7.06. The van der Waals surface area contributed by atoms with E-state index < -0.39 is 0 Å². The molecule has 0 atom stereocenters. The Bertz CT molecular complexity index is 720. The minimum absolute atomic E-state index is 0.0587. The van der Waals surface area contributed by atoms with Gasteiger partial charge in [-0.15, -0.1) is 11.3 Å². The Morgan fingerprint density at radius 2 is 2.23 bits per heavy atom. The molecule has 6 heteroatoms. The lowest BCUT2D eigenvalue weighted by atomic mass is 9.93. The third-order valence-electron chi connectivity index (χ3n) is 4.24. The molecule has 0 amide bonds. The van der Waals surface area contributed by atoms with Crippen LogP contribution in [0.2, 0.25) is 5.02 Å². The first-order valence-electron chi connectivity index (χ1n) is 7.54. The molecule has 1 aromatic heterocycles. The van der Waals surface area contributed by atoms with E-state index in [0.717, 1.165) is 54.2 Å². The average Bonchev–Trinajstić information content (AvgIpc) is 3.23. The Hall–Kier alpha value is -1.59. The molecular weight excluding hydrogens is 316 g/mol. The number of benzene rings is 1. The first-order chi connectivity index (χ1) is 10.8. The minimum atomic E-state index is 0.0587. The van der Waals surface area contributed by atoms with E-state index in [1.807, 2.05) is 12.1 Å². The van der Waals surface area contributed by atoms with Crippen LogP contribution in [0, 0.1) is 0 Å². The lowest BCUT2D eigenvalue weighted by Gasteiger charge is -2.15. The number of halogens is 1. The summed E-state index contributed by atoms with van der Waals surface area (Å²) in [6.45, 7) is 1.84. The van der Waals surface area contributed by atoms with Crippen LogP contribution < -0.4 is 10.6 Å². The van der Waals surface area contributed by atoms with Gasteiger partial charge in [0.15, 0.2) is 11.1 Å². The summed E-state index contributed by atoms with van der Waals surface area (Å²) in [6.07, 6.45) is 3.36. The minimum Gasteiger partial charge on any atom is -0.356 e. The average molecular weight is 333 g/mol. The van der Waals surface area contributed by atoms with Gasteiger partial charge < -0.3 is 10.6 Å². The highest BCUT2D eigenvalue weighted by molar-refractivity contribution is 7.14. The van der Waals surface area contributed by atoms with Gasteiger partial charge in [-0.05, 0) is 37.0 Å². The van der Waals surface area contributed by atoms with Gasteiger partial charge in [0.25, 0.3) is 0 Å². The van der Waals surface area contributed by atoms with Gasteiger partial charge in [-0.25, -0.2) is 4.98 Å². The predicted octanol–water partition coefficient (Wildman–Crippen LogP) is 3.64. The smallest absolute Gasteiger partial charge is 0.197 e. The van der Waals surface area contributed by atoms with Crippen molar-refractivity contribution >= 4 is 34.0 Å². The molecule has 0 saturated heterocycles. The number of rotatable bonds is 3. The van der Waals surface area contributed by atoms with Crippen molar-refractivity contribution < 1.29 is 0 Å². The fourth-order valence-corrected chi connectivity index (χ4v) is 3.87. The second-order valence-electron chi connectivity index (χ2n) is 5.77. The molecule has 1 aromatic carbocycles. The molecule has 1 aliphatic heterocycles. The van der Waals surface area contributed by atoms with Gasteiger partial charge in [-0.2, -0.15) is 0 Å². The Morgan fingerprint density at radius 1 is 1.32 bits per heavy atom. The number of hydrogen-bond donors (Lipinski definition) is 2. The molecule has 0 radical (unpaired) electrons. The molecular formula is C16H17ClN4S. The van der Waals surface area contributed by atoms with Crippen LogP contribution in [0.15, 0.2) is 34.6 Å². The highest BCUT2D eigenvalue weighted by Crippen LogP contribution is 2.54. The summed E-state index contributed by atoms with van der Waals surface area (Å²) in [5.41, 5.74) is 2.46. The van der Waals surface area contributed by atoms with Crippen LogP contribution in [0.3, 0.4) is 0 Å². The summed E-state index contributed by atoms with van der Waals surface area (Å²) >= 11 is 7.78. The van der Waals surface area contributed by atoms with Crippen molar-refractivity contribution in [2.75, 3.05) is 18.4 Å². The van der Waals surface area contributed by atoms with E-state index in [2.05, 4.69) is 33.1 Å². The van der Waals surface area contributed by atoms with Crippen molar-refractivity contribution in [1.29, 1.82) is 0 Å². The summed E-state index contributed by atoms with van der Waals surface area (Å²) in [6, 6.07) is 8.15. The molecule has 1 fully saturated rings. The Kier molecular flexibility index (Phi) is 3.54. The third kappa shape index (κ3) is 2.59. The molecule has 2 heterocycles. The third-order valence-corrected chi connectivity index (χ3v) is 5.24. The molecule has 2 N–H and O–H groups in total. The molecule has 1 aliphatic carbocycles. The topological polar surface area (TPSA) is 49.3 Å². The maximum absolute atomic E-state index is 6.15. The Balaban J connectivity index is 1.57. The molecule has 4 nitrogen and oxygen atoms in total. The predicted molar refractivity (Wildman–Crippen MR) is 92.1 cm³/mol. The van der Waals surface area contributed by atoms with Crippen molar-refractivity contribution in [1.82, 2.24) is 10.3 Å². The Morgan fingerprint density at radius 3 is 2.95 bits per heavy atom. The van der Waals surface area contributed by atoms with Gasteiger partial charge in [0.1, 0.15) is 0 Å². The van der Waals surface area contributed by atoms with E-state index in [0.29, 0.717) is 0 Å². The van der Waals surface area contributed by atoms with E-state index in [4.69, 9.17) is 16.6 Å². The van der Waals surface area contributed by atoms with Crippen LogP contribution in [0.5, 0.6) is 0 Å². The fraction of sp³-hybridized carbons (Fsp3) is 0.375. The van der Waals surface area contributed by atoms with E-state index in [-0.39, 0.29) is 5.41 Å². The van der Waals surface area contributed by atoms with Gasteiger partial charge in [0, 0.05) is 28.9 Å². The molecule has 4 rings (SSSR count). The largest absolute Gasteiger partial charge is 0.356 e. The lowest BCUT2D eigenvalue weighted by Crippen LogP contribution is -2.35. The zero-order chi connectivity index (χ0) is 15.0. The van der Waals surface area contributed by atoms with E-state index >= 15 is 0 Å². The van der Waals surface area contributed by atoms with E-state index in [1.54, 1.807) is 11.3 Å². The fourth-order valence-electron chi connectivity index (χ4n) is 2.87. The zero-order valence-electron chi connectivity index (χ0n) is 12.1. The van der Waals surface area contributed by atoms with Crippen LogP contribution in [-0.2, 0) is 5.41 Å². The van der Waals surface area contributed by atoms with Crippen LogP contribution in [0.25, 0.3) is 0 Å². The molecule has 0 unspecified atom stereocenters. The monoisotopic (exact) mass is 332 g/mol. The van der Waals surface area contributed by atoms with Gasteiger partial charge in [0.2, 0.25) is 0 Å². The zero-order valence-corrected chi connectivity index (χ0v) is 13.7. The molecule has 2 aromatic rings. The SMILES string of the molecule is Clc1cccc(C2(c3csc(NC4=NCCCN4)n3)CC2)c1. The van der Waals surface area contributed by atoms with Crippen molar-refractivity contribution in [3.63, 3.8) is 0 Å². The number of anilines is 1. The van der Waals surface area contributed by atoms with Crippen LogP contribution in [0.1, 0.15) is 30.5 Å². The van der Waals surface area contributed by atoms with Crippen molar-refractivity contribution in [2.24, 2.45) is 4.99 Å². The van der Waals surface area contributed by atoms with E-state index in [9.17, 15) is 0 Å². The van der Waals surface area contributed by atoms with Crippen molar-refractivity contribution in [3.05, 3.63) is 45.9 Å². The maximum atomic E-state index is 6.15. The van der Waals surface area contributed by atoms with Crippen LogP contribution in [-0.4, -0.2) is 24.0 Å². The molecule has 22 heavy (non-hydrogen) atoms. The van der Waals surface area contributed by atoms with Gasteiger partial charge in [0.05, 0.1) is 5.69 Å². The number of nitrogens with zero attached hydrogens (tertiary/aromatic N) is 2. The highest BCUT2D eigenvalue weighted by atomic mass is 35.5. The van der Waals surface area contributed by atoms with Crippen molar-refractivity contribution in [2.45, 2.75) is 24.7 Å². The molecule has 114 valence electrons. The molecule has 0 spiro atoms. The van der Waals surface area contributed by atoms with Gasteiger partial charge in [-0.1, -0.05) is 23.7 Å². The second kappa shape index (κ2) is 5.56. The number of aliphatic imine (C=N–C) groups is 1. The van der Waals surface area contributed by atoms with Crippen LogP contribution in [0.4, 0.5) is 5.13 Å². The number of thiazole rings is 1. The summed E-state index contributed by atoms with van der Waals surface area (Å²) in [4.78, 5) is 9.21. The summed E-state index contributed by atoms with van der Waals surface area (Å²) in [7, 11) is 0. The molecule has 0 bridgehead atoms. The van der Waals surface area contributed by atoms with Crippen molar-refractivity contribution in [3.8, 4) is 0 Å². The number of guanidine groups is 1. The highest BCUT2D eigenvalue weighted by Gasteiger charge is 2.47. The summed E-state index contributed by atoms with van der Waals surface area (Å²) in [5, 5.41) is 10.4. The summed E-state index contributed by atoms with van der Waals surface area (Å²) < 4.78 is 0. The summed E-state index contributed by atoms with van der Waals surface area (Å²) in [5.74, 6) is 0.833. The first-order valence-corrected chi connectivity index (χ1v) is 8.79.